The monoisotopic (exact) mass is 343 g/mol. The molecule has 2 aromatic rings. The predicted octanol–water partition coefficient (Wildman–Crippen LogP) is 4.23. The summed E-state index contributed by atoms with van der Waals surface area (Å²) in [6.07, 6.45) is -4.59. The molecule has 0 aliphatic heterocycles. The Morgan fingerprint density at radius 2 is 1.65 bits per heavy atom. The molecule has 3 nitrogen and oxygen atoms in total. The average Bonchev–Trinajstić information content (AvgIpc) is 2.49. The third-order valence-corrected chi connectivity index (χ3v) is 5.26. The number of sulfonamides is 1. The van der Waals surface area contributed by atoms with Crippen molar-refractivity contribution in [2.45, 2.75) is 24.9 Å². The first-order valence-corrected chi connectivity index (χ1v) is 8.37. The third-order valence-electron chi connectivity index (χ3n) is 3.36. The van der Waals surface area contributed by atoms with Crippen LogP contribution in [0, 0.1) is 6.92 Å². The number of halogens is 3. The van der Waals surface area contributed by atoms with Gasteiger partial charge in [0.15, 0.2) is 0 Å². The lowest BCUT2D eigenvalue weighted by Crippen LogP contribution is -2.31. The highest BCUT2D eigenvalue weighted by molar-refractivity contribution is 7.92. The third kappa shape index (κ3) is 3.67. The summed E-state index contributed by atoms with van der Waals surface area (Å²) in [6.45, 7) is 3.61. The molecule has 0 saturated heterocycles. The Morgan fingerprint density at radius 3 is 2.17 bits per heavy atom. The molecule has 0 spiro atoms. The summed E-state index contributed by atoms with van der Waals surface area (Å²) in [4.78, 5) is -0.380. The molecule has 0 heterocycles. The second kappa shape index (κ2) is 6.23. The van der Waals surface area contributed by atoms with Crippen LogP contribution in [0.15, 0.2) is 53.4 Å². The maximum absolute atomic E-state index is 12.8. The van der Waals surface area contributed by atoms with Crippen molar-refractivity contribution in [2.24, 2.45) is 0 Å². The van der Waals surface area contributed by atoms with Gasteiger partial charge in [-0.1, -0.05) is 23.8 Å². The summed E-state index contributed by atoms with van der Waals surface area (Å²) < 4.78 is 64.9. The molecule has 0 unspecified atom stereocenters. The second-order valence-corrected chi connectivity index (χ2v) is 6.89. The van der Waals surface area contributed by atoms with Gasteiger partial charge in [0.1, 0.15) is 0 Å². The number of rotatable bonds is 4. The molecule has 0 fully saturated rings. The number of nitrogens with zero attached hydrogens (tertiary/aromatic N) is 1. The lowest BCUT2D eigenvalue weighted by molar-refractivity contribution is -0.137. The molecule has 0 radical (unpaired) electrons. The minimum absolute atomic E-state index is 0.113. The fourth-order valence-electron chi connectivity index (χ4n) is 2.16. The smallest absolute Gasteiger partial charge is 0.267 e. The topological polar surface area (TPSA) is 37.4 Å². The van der Waals surface area contributed by atoms with Gasteiger partial charge in [-0.15, -0.1) is 0 Å². The van der Waals surface area contributed by atoms with Gasteiger partial charge in [0.25, 0.3) is 10.0 Å². The van der Waals surface area contributed by atoms with Crippen molar-refractivity contribution < 1.29 is 21.6 Å². The van der Waals surface area contributed by atoms with Crippen molar-refractivity contribution >= 4 is 15.7 Å². The Balaban J connectivity index is 2.49. The molecule has 0 aliphatic carbocycles. The van der Waals surface area contributed by atoms with Gasteiger partial charge in [-0.05, 0) is 44.2 Å². The van der Waals surface area contributed by atoms with Gasteiger partial charge < -0.3 is 0 Å². The van der Waals surface area contributed by atoms with E-state index in [1.165, 1.54) is 6.07 Å². The van der Waals surface area contributed by atoms with Gasteiger partial charge in [0.05, 0.1) is 16.1 Å². The summed E-state index contributed by atoms with van der Waals surface area (Å²) in [7, 11) is -4.07. The van der Waals surface area contributed by atoms with Crippen LogP contribution in [0.4, 0.5) is 18.9 Å². The molecule has 2 rings (SSSR count). The minimum Gasteiger partial charge on any atom is -0.267 e. The van der Waals surface area contributed by atoms with Crippen LogP contribution >= 0.6 is 0 Å². The highest BCUT2D eigenvalue weighted by Crippen LogP contribution is 2.32. The molecule has 2 aromatic carbocycles. The molecule has 0 aliphatic rings. The first-order valence-electron chi connectivity index (χ1n) is 6.93. The van der Waals surface area contributed by atoms with E-state index in [4.69, 9.17) is 0 Å². The average molecular weight is 343 g/mol. The van der Waals surface area contributed by atoms with Crippen LogP contribution in [0.25, 0.3) is 0 Å². The van der Waals surface area contributed by atoms with E-state index >= 15 is 0 Å². The van der Waals surface area contributed by atoms with Gasteiger partial charge in [0.2, 0.25) is 0 Å². The highest BCUT2D eigenvalue weighted by atomic mass is 32.2. The first kappa shape index (κ1) is 17.3. The van der Waals surface area contributed by atoms with Crippen LogP contribution in [0.5, 0.6) is 0 Å². The van der Waals surface area contributed by atoms with Crippen LogP contribution in [-0.4, -0.2) is 15.0 Å². The van der Waals surface area contributed by atoms with Crippen molar-refractivity contribution in [1.82, 2.24) is 0 Å². The van der Waals surface area contributed by atoms with Crippen LogP contribution in [-0.2, 0) is 16.2 Å². The van der Waals surface area contributed by atoms with Gasteiger partial charge in [0, 0.05) is 6.54 Å². The summed E-state index contributed by atoms with van der Waals surface area (Å²) in [5.74, 6) is 0. The molecule has 0 saturated carbocycles. The molecule has 0 bridgehead atoms. The summed E-state index contributed by atoms with van der Waals surface area (Å²) in [5, 5.41) is 0. The predicted molar refractivity (Wildman–Crippen MR) is 82.8 cm³/mol. The molecule has 7 heteroatoms. The molecule has 0 N–H and O–H groups in total. The molecule has 23 heavy (non-hydrogen) atoms. The number of hydrogen-bond donors (Lipinski definition) is 0. The normalized spacial score (nSPS) is 12.2. The molecular formula is C16H16F3NO2S. The lowest BCUT2D eigenvalue weighted by atomic mass is 10.2. The highest BCUT2D eigenvalue weighted by Gasteiger charge is 2.32. The van der Waals surface area contributed by atoms with E-state index in [0.29, 0.717) is 11.8 Å². The maximum atomic E-state index is 12.8. The van der Waals surface area contributed by atoms with E-state index in [2.05, 4.69) is 0 Å². The zero-order valence-electron chi connectivity index (χ0n) is 12.6. The first-order chi connectivity index (χ1) is 10.7. The van der Waals surface area contributed by atoms with E-state index in [0.717, 1.165) is 22.0 Å². The van der Waals surface area contributed by atoms with Gasteiger partial charge in [-0.3, -0.25) is 4.31 Å². The fourth-order valence-corrected chi connectivity index (χ4v) is 3.68. The molecule has 0 aromatic heterocycles. The SMILES string of the molecule is CCN(c1ccc(C)cc1)S(=O)(=O)c1cccc(C(F)(F)F)c1. The van der Waals surface area contributed by atoms with Crippen LogP contribution in [0.1, 0.15) is 18.1 Å². The van der Waals surface area contributed by atoms with E-state index < -0.39 is 21.8 Å². The van der Waals surface area contributed by atoms with Crippen molar-refractivity contribution in [3.05, 3.63) is 59.7 Å². The Bertz CT molecular complexity index is 784. The molecular weight excluding hydrogens is 327 g/mol. The standard InChI is InChI=1S/C16H16F3NO2S/c1-3-20(14-9-7-12(2)8-10-14)23(21,22)15-6-4-5-13(11-15)16(17,18)19/h4-11H,3H2,1-2H3. The molecule has 124 valence electrons. The Morgan fingerprint density at radius 1 is 1.04 bits per heavy atom. The van der Waals surface area contributed by atoms with E-state index in [1.807, 2.05) is 6.92 Å². The van der Waals surface area contributed by atoms with Gasteiger partial charge >= 0.3 is 6.18 Å². The van der Waals surface area contributed by atoms with Crippen molar-refractivity contribution in [3.63, 3.8) is 0 Å². The van der Waals surface area contributed by atoms with Crippen molar-refractivity contribution in [2.75, 3.05) is 10.8 Å². The largest absolute Gasteiger partial charge is 0.416 e. The number of aryl methyl sites for hydroxylation is 1. The van der Waals surface area contributed by atoms with Gasteiger partial charge in [-0.25, -0.2) is 8.42 Å². The zero-order valence-corrected chi connectivity index (χ0v) is 13.4. The Kier molecular flexibility index (Phi) is 4.70. The number of anilines is 1. The summed E-state index contributed by atoms with van der Waals surface area (Å²) in [6, 6.07) is 10.5. The summed E-state index contributed by atoms with van der Waals surface area (Å²) >= 11 is 0. The summed E-state index contributed by atoms with van der Waals surface area (Å²) in [5.41, 5.74) is 0.385. The molecule has 0 atom stereocenters. The minimum atomic E-state index is -4.59. The number of benzene rings is 2. The van der Waals surface area contributed by atoms with Crippen molar-refractivity contribution in [1.29, 1.82) is 0 Å². The van der Waals surface area contributed by atoms with E-state index in [9.17, 15) is 21.6 Å². The zero-order chi connectivity index (χ0) is 17.3. The van der Waals surface area contributed by atoms with Crippen LogP contribution in [0.2, 0.25) is 0 Å². The second-order valence-electron chi connectivity index (χ2n) is 5.03. The van der Waals surface area contributed by atoms with Gasteiger partial charge in [-0.2, -0.15) is 13.2 Å². The van der Waals surface area contributed by atoms with E-state index in [-0.39, 0.29) is 11.4 Å². The Labute approximate surface area is 133 Å². The van der Waals surface area contributed by atoms with Crippen LogP contribution in [0.3, 0.4) is 0 Å². The van der Waals surface area contributed by atoms with E-state index in [1.54, 1.807) is 31.2 Å². The quantitative estimate of drug-likeness (QED) is 0.833. The fraction of sp³-hybridized carbons (Fsp3) is 0.250. The Hall–Kier alpha value is -2.02. The van der Waals surface area contributed by atoms with Crippen LogP contribution < -0.4 is 4.31 Å². The lowest BCUT2D eigenvalue weighted by Gasteiger charge is -2.23. The number of hydrogen-bond acceptors (Lipinski definition) is 2. The van der Waals surface area contributed by atoms with Crippen molar-refractivity contribution in [3.8, 4) is 0 Å². The molecule has 0 amide bonds. The number of alkyl halides is 3. The maximum Gasteiger partial charge on any atom is 0.416 e.